The fraction of sp³-hybridized carbons (Fsp3) is 0.720. The highest BCUT2D eigenvalue weighted by molar-refractivity contribution is 5.71. The molecule has 2 atom stereocenters. The molecule has 1 saturated heterocycles. The van der Waals surface area contributed by atoms with E-state index >= 15 is 0 Å². The smallest absolute Gasteiger partial charge is 0.306 e. The van der Waals surface area contributed by atoms with Crippen LogP contribution in [0.15, 0.2) is 30.3 Å². The Kier molecular flexibility index (Phi) is 10.6. The Morgan fingerprint density at radius 3 is 2.29 bits per heavy atom. The van der Waals surface area contributed by atoms with Crippen LogP contribution in [0.2, 0.25) is 0 Å². The molecule has 28 heavy (non-hydrogen) atoms. The summed E-state index contributed by atoms with van der Waals surface area (Å²) in [6.45, 7) is 5.50. The lowest BCUT2D eigenvalue weighted by Crippen LogP contribution is -2.45. The number of ether oxygens (including phenoxy) is 2. The third kappa shape index (κ3) is 8.77. The number of carbonyl (C=O) groups excluding carboxylic acids is 1. The van der Waals surface area contributed by atoms with Crippen molar-refractivity contribution in [3.63, 3.8) is 0 Å². The van der Waals surface area contributed by atoms with Gasteiger partial charge in [0.15, 0.2) is 0 Å². The standard InChI is InChI=1S/C25H40O3/c1-3-4-5-6-7-8-9-10-14-17-25(19-22(2)18-24(26)28-25)21-27-20-23-15-12-11-13-16-23/h11-13,15-16,22H,3-10,14,17-21H2,1-2H3/t22-,25-/m0/s1. The van der Waals surface area contributed by atoms with Crippen molar-refractivity contribution in [2.24, 2.45) is 5.92 Å². The second kappa shape index (κ2) is 13.0. The van der Waals surface area contributed by atoms with Crippen LogP contribution >= 0.6 is 0 Å². The number of carbonyl (C=O) groups is 1. The Labute approximate surface area is 172 Å². The average molecular weight is 389 g/mol. The van der Waals surface area contributed by atoms with Crippen molar-refractivity contribution >= 4 is 5.97 Å². The van der Waals surface area contributed by atoms with E-state index in [0.717, 1.165) is 24.8 Å². The minimum Gasteiger partial charge on any atom is -0.457 e. The molecule has 1 fully saturated rings. The minimum absolute atomic E-state index is 0.0574. The molecular weight excluding hydrogens is 348 g/mol. The van der Waals surface area contributed by atoms with Gasteiger partial charge in [0.1, 0.15) is 5.60 Å². The van der Waals surface area contributed by atoms with E-state index in [0.29, 0.717) is 25.6 Å². The van der Waals surface area contributed by atoms with Crippen LogP contribution in [0.25, 0.3) is 0 Å². The van der Waals surface area contributed by atoms with Crippen LogP contribution < -0.4 is 0 Å². The summed E-state index contributed by atoms with van der Waals surface area (Å²) in [6.07, 6.45) is 14.1. The zero-order chi connectivity index (χ0) is 20.1. The van der Waals surface area contributed by atoms with Crippen LogP contribution in [-0.4, -0.2) is 18.2 Å². The van der Waals surface area contributed by atoms with Crippen LogP contribution in [0.4, 0.5) is 0 Å². The Bertz CT molecular complexity index is 542. The molecule has 0 unspecified atom stereocenters. The predicted octanol–water partition coefficient (Wildman–Crippen LogP) is 6.84. The van der Waals surface area contributed by atoms with E-state index in [1.54, 1.807) is 0 Å². The quantitative estimate of drug-likeness (QED) is 0.259. The maximum Gasteiger partial charge on any atom is 0.306 e. The molecule has 1 aliphatic heterocycles. The molecule has 158 valence electrons. The number of cyclic esters (lactones) is 1. The molecule has 0 aliphatic carbocycles. The first-order chi connectivity index (χ1) is 13.6. The van der Waals surface area contributed by atoms with Gasteiger partial charge in [-0.05, 0) is 30.7 Å². The lowest BCUT2D eigenvalue weighted by Gasteiger charge is -2.39. The molecule has 1 aromatic rings. The Balaban J connectivity index is 1.73. The first kappa shape index (κ1) is 22.9. The first-order valence-corrected chi connectivity index (χ1v) is 11.5. The van der Waals surface area contributed by atoms with Gasteiger partial charge >= 0.3 is 5.97 Å². The monoisotopic (exact) mass is 388 g/mol. The number of benzene rings is 1. The molecule has 0 spiro atoms. The van der Waals surface area contributed by atoms with E-state index in [1.807, 2.05) is 18.2 Å². The molecular formula is C25H40O3. The summed E-state index contributed by atoms with van der Waals surface area (Å²) in [5.74, 6) is 0.318. The molecule has 1 aliphatic rings. The van der Waals surface area contributed by atoms with Crippen LogP contribution in [0.5, 0.6) is 0 Å². The second-order valence-electron chi connectivity index (χ2n) is 8.73. The van der Waals surface area contributed by atoms with E-state index < -0.39 is 5.60 Å². The van der Waals surface area contributed by atoms with Gasteiger partial charge in [0.05, 0.1) is 13.2 Å². The molecule has 2 rings (SSSR count). The summed E-state index contributed by atoms with van der Waals surface area (Å²) in [4.78, 5) is 12.1. The minimum atomic E-state index is -0.426. The fourth-order valence-electron chi connectivity index (χ4n) is 4.32. The van der Waals surface area contributed by atoms with E-state index in [9.17, 15) is 4.79 Å². The molecule has 3 heteroatoms. The Morgan fingerprint density at radius 2 is 1.64 bits per heavy atom. The maximum atomic E-state index is 12.1. The third-order valence-electron chi connectivity index (χ3n) is 5.78. The highest BCUT2D eigenvalue weighted by Crippen LogP contribution is 2.35. The molecule has 0 bridgehead atoms. The summed E-state index contributed by atoms with van der Waals surface area (Å²) >= 11 is 0. The molecule has 1 heterocycles. The summed E-state index contributed by atoms with van der Waals surface area (Å²) < 4.78 is 11.9. The van der Waals surface area contributed by atoms with Gasteiger partial charge in [-0.25, -0.2) is 0 Å². The SMILES string of the molecule is CCCCCCCCCCC[C@@]1(COCc2ccccc2)C[C@@H](C)CC(=O)O1. The maximum absolute atomic E-state index is 12.1. The van der Waals surface area contributed by atoms with Gasteiger partial charge in [0, 0.05) is 6.42 Å². The van der Waals surface area contributed by atoms with Crippen LogP contribution in [0.3, 0.4) is 0 Å². The largest absolute Gasteiger partial charge is 0.457 e. The summed E-state index contributed by atoms with van der Waals surface area (Å²) in [5.41, 5.74) is 0.737. The van der Waals surface area contributed by atoms with Gasteiger partial charge in [-0.3, -0.25) is 4.79 Å². The molecule has 0 aromatic heterocycles. The molecule has 0 amide bonds. The Hall–Kier alpha value is -1.35. The van der Waals surface area contributed by atoms with Crippen molar-refractivity contribution in [1.29, 1.82) is 0 Å². The zero-order valence-electron chi connectivity index (χ0n) is 18.1. The lowest BCUT2D eigenvalue weighted by molar-refractivity contribution is -0.182. The van der Waals surface area contributed by atoms with E-state index in [4.69, 9.17) is 9.47 Å². The van der Waals surface area contributed by atoms with Crippen molar-refractivity contribution in [2.75, 3.05) is 6.61 Å². The van der Waals surface area contributed by atoms with Gasteiger partial charge in [-0.15, -0.1) is 0 Å². The molecule has 0 N–H and O–H groups in total. The van der Waals surface area contributed by atoms with Gasteiger partial charge < -0.3 is 9.47 Å². The normalized spacial score (nSPS) is 22.2. The summed E-state index contributed by atoms with van der Waals surface area (Å²) in [5, 5.41) is 0. The summed E-state index contributed by atoms with van der Waals surface area (Å²) in [6, 6.07) is 10.2. The molecule has 3 nitrogen and oxygen atoms in total. The topological polar surface area (TPSA) is 35.5 Å². The highest BCUT2D eigenvalue weighted by Gasteiger charge is 2.40. The number of esters is 1. The van der Waals surface area contributed by atoms with Gasteiger partial charge in [0.25, 0.3) is 0 Å². The van der Waals surface area contributed by atoms with Crippen molar-refractivity contribution in [1.82, 2.24) is 0 Å². The predicted molar refractivity (Wildman–Crippen MR) is 115 cm³/mol. The average Bonchev–Trinajstić information content (AvgIpc) is 2.67. The van der Waals surface area contributed by atoms with Crippen molar-refractivity contribution < 1.29 is 14.3 Å². The van der Waals surface area contributed by atoms with Crippen molar-refractivity contribution in [3.8, 4) is 0 Å². The number of hydrogen-bond donors (Lipinski definition) is 0. The summed E-state index contributed by atoms with van der Waals surface area (Å²) in [7, 11) is 0. The molecule has 0 radical (unpaired) electrons. The number of rotatable bonds is 14. The third-order valence-corrected chi connectivity index (χ3v) is 5.78. The Morgan fingerprint density at radius 1 is 1.00 bits per heavy atom. The second-order valence-corrected chi connectivity index (χ2v) is 8.73. The molecule has 1 aromatic carbocycles. The zero-order valence-corrected chi connectivity index (χ0v) is 18.1. The number of unbranched alkanes of at least 4 members (excludes halogenated alkanes) is 8. The van der Waals surface area contributed by atoms with Crippen LogP contribution in [0, 0.1) is 5.92 Å². The number of hydrogen-bond acceptors (Lipinski definition) is 3. The fourth-order valence-corrected chi connectivity index (χ4v) is 4.32. The van der Waals surface area contributed by atoms with E-state index in [1.165, 1.54) is 51.4 Å². The van der Waals surface area contributed by atoms with Crippen molar-refractivity contribution in [3.05, 3.63) is 35.9 Å². The van der Waals surface area contributed by atoms with Crippen LogP contribution in [-0.2, 0) is 20.9 Å². The van der Waals surface area contributed by atoms with Crippen LogP contribution in [0.1, 0.15) is 96.5 Å². The van der Waals surface area contributed by atoms with E-state index in [2.05, 4.69) is 26.0 Å². The van der Waals surface area contributed by atoms with Gasteiger partial charge in [-0.2, -0.15) is 0 Å². The van der Waals surface area contributed by atoms with Crippen molar-refractivity contribution in [2.45, 2.75) is 103 Å². The first-order valence-electron chi connectivity index (χ1n) is 11.5. The highest BCUT2D eigenvalue weighted by atomic mass is 16.6. The van der Waals surface area contributed by atoms with E-state index in [-0.39, 0.29) is 5.97 Å². The van der Waals surface area contributed by atoms with Gasteiger partial charge in [0.2, 0.25) is 0 Å². The van der Waals surface area contributed by atoms with Gasteiger partial charge in [-0.1, -0.05) is 95.5 Å². The molecule has 0 saturated carbocycles. The lowest BCUT2D eigenvalue weighted by atomic mass is 9.83.